The number of rotatable bonds is 3. The highest BCUT2D eigenvalue weighted by atomic mass is 16.5. The Bertz CT molecular complexity index is 1260. The first-order valence-electron chi connectivity index (χ1n) is 11.2. The normalized spacial score (nSPS) is 19.6. The topological polar surface area (TPSA) is 104 Å². The Morgan fingerprint density at radius 2 is 2.06 bits per heavy atom. The van der Waals surface area contributed by atoms with Gasteiger partial charge in [0, 0.05) is 29.7 Å². The largest absolute Gasteiger partial charge is 0.487 e. The van der Waals surface area contributed by atoms with Gasteiger partial charge in [0.15, 0.2) is 5.78 Å². The molecule has 33 heavy (non-hydrogen) atoms. The predicted molar refractivity (Wildman–Crippen MR) is 123 cm³/mol. The standard InChI is InChI=1S/C25H26N4O4/c1-25(2)12-21(30)19-11-18(6-8-22(19)33-25)27-23(31)16-4-3-9-29(14-16)24(32)15-5-7-20-17(10-15)13-26-28-20/h5-8,10-11,13,16H,3-4,9,12,14H2,1-2H3,(H,26,28)(H,27,31). The van der Waals surface area contributed by atoms with Gasteiger partial charge in [-0.15, -0.1) is 0 Å². The van der Waals surface area contributed by atoms with E-state index < -0.39 is 5.60 Å². The van der Waals surface area contributed by atoms with E-state index in [2.05, 4.69) is 15.5 Å². The van der Waals surface area contributed by atoms with Crippen LogP contribution in [-0.2, 0) is 4.79 Å². The Labute approximate surface area is 191 Å². The molecule has 8 heteroatoms. The van der Waals surface area contributed by atoms with Crippen LogP contribution in [0.3, 0.4) is 0 Å². The molecule has 0 bridgehead atoms. The van der Waals surface area contributed by atoms with Crippen LogP contribution in [0.4, 0.5) is 5.69 Å². The van der Waals surface area contributed by atoms with Crippen LogP contribution in [0, 0.1) is 5.92 Å². The van der Waals surface area contributed by atoms with E-state index in [9.17, 15) is 14.4 Å². The van der Waals surface area contributed by atoms with Crippen LogP contribution in [0.2, 0.25) is 0 Å². The van der Waals surface area contributed by atoms with Crippen molar-refractivity contribution in [2.75, 3.05) is 18.4 Å². The summed E-state index contributed by atoms with van der Waals surface area (Å²) in [5, 5.41) is 10.7. The number of hydrogen-bond acceptors (Lipinski definition) is 5. The summed E-state index contributed by atoms with van der Waals surface area (Å²) in [6, 6.07) is 10.6. The number of benzene rings is 2. The van der Waals surface area contributed by atoms with E-state index in [1.54, 1.807) is 35.4 Å². The van der Waals surface area contributed by atoms with E-state index >= 15 is 0 Å². The van der Waals surface area contributed by atoms with Crippen LogP contribution < -0.4 is 10.1 Å². The van der Waals surface area contributed by atoms with Gasteiger partial charge in [-0.3, -0.25) is 19.5 Å². The van der Waals surface area contributed by atoms with E-state index in [1.165, 1.54) is 0 Å². The molecule has 1 atom stereocenters. The minimum atomic E-state index is -0.533. The van der Waals surface area contributed by atoms with E-state index in [1.807, 2.05) is 26.0 Å². The van der Waals surface area contributed by atoms with Crippen LogP contribution in [0.1, 0.15) is 53.8 Å². The molecular formula is C25H26N4O4. The minimum Gasteiger partial charge on any atom is -0.487 e. The van der Waals surface area contributed by atoms with Gasteiger partial charge in [0.25, 0.3) is 5.91 Å². The number of H-pyrrole nitrogens is 1. The summed E-state index contributed by atoms with van der Waals surface area (Å²) in [5.41, 5.74) is 1.97. The van der Waals surface area contributed by atoms with Crippen molar-refractivity contribution in [3.63, 3.8) is 0 Å². The van der Waals surface area contributed by atoms with Crippen molar-refractivity contribution in [1.82, 2.24) is 15.1 Å². The van der Waals surface area contributed by atoms with Crippen LogP contribution in [0.25, 0.3) is 10.9 Å². The van der Waals surface area contributed by atoms with Crippen molar-refractivity contribution in [2.45, 2.75) is 38.7 Å². The number of aromatic amines is 1. The molecule has 2 N–H and O–H groups in total. The molecule has 3 aromatic rings. The van der Waals surface area contributed by atoms with Crippen molar-refractivity contribution in [1.29, 1.82) is 0 Å². The van der Waals surface area contributed by atoms with Crippen LogP contribution >= 0.6 is 0 Å². The summed E-state index contributed by atoms with van der Waals surface area (Å²) in [7, 11) is 0. The van der Waals surface area contributed by atoms with Crippen molar-refractivity contribution in [2.24, 2.45) is 5.92 Å². The van der Waals surface area contributed by atoms with Crippen molar-refractivity contribution in [3.8, 4) is 5.75 Å². The molecule has 2 aliphatic heterocycles. The maximum Gasteiger partial charge on any atom is 0.253 e. The third-order valence-electron chi connectivity index (χ3n) is 6.29. The van der Waals surface area contributed by atoms with Gasteiger partial charge in [0.05, 0.1) is 29.6 Å². The first-order chi connectivity index (χ1) is 15.8. The molecule has 0 aliphatic carbocycles. The summed E-state index contributed by atoms with van der Waals surface area (Å²) < 4.78 is 5.89. The second-order valence-corrected chi connectivity index (χ2v) is 9.42. The molecule has 3 heterocycles. The fourth-order valence-corrected chi connectivity index (χ4v) is 4.61. The molecule has 0 spiro atoms. The number of fused-ring (bicyclic) bond motifs is 2. The Morgan fingerprint density at radius 1 is 1.21 bits per heavy atom. The summed E-state index contributed by atoms with van der Waals surface area (Å²) in [4.78, 5) is 40.3. The lowest BCUT2D eigenvalue weighted by Crippen LogP contribution is -2.43. The number of nitrogens with one attached hydrogen (secondary N) is 2. The molecule has 1 fully saturated rings. The first-order valence-corrected chi connectivity index (χ1v) is 11.2. The molecule has 2 aromatic carbocycles. The molecule has 2 aliphatic rings. The lowest BCUT2D eigenvalue weighted by Gasteiger charge is -2.33. The number of hydrogen-bond donors (Lipinski definition) is 2. The second kappa shape index (κ2) is 8.03. The van der Waals surface area contributed by atoms with Crippen LogP contribution in [0.15, 0.2) is 42.6 Å². The van der Waals surface area contributed by atoms with Gasteiger partial charge in [-0.1, -0.05) is 0 Å². The number of likely N-dealkylation sites (tertiary alicyclic amines) is 1. The molecule has 1 saturated heterocycles. The zero-order valence-electron chi connectivity index (χ0n) is 18.7. The molecule has 170 valence electrons. The second-order valence-electron chi connectivity index (χ2n) is 9.42. The summed E-state index contributed by atoms with van der Waals surface area (Å²) >= 11 is 0. The molecule has 0 saturated carbocycles. The highest BCUT2D eigenvalue weighted by Gasteiger charge is 2.33. The number of aromatic nitrogens is 2. The SMILES string of the molecule is CC1(C)CC(=O)c2cc(NC(=O)C3CCCN(C(=O)c4ccc5[nH]ncc5c4)C3)ccc2O1. The number of Topliss-reactive ketones (excluding diaryl/α,β-unsaturated/α-hetero) is 1. The average Bonchev–Trinajstić information content (AvgIpc) is 3.26. The fraction of sp³-hybridized carbons (Fsp3) is 0.360. The van der Waals surface area contributed by atoms with Gasteiger partial charge in [0.2, 0.25) is 5.91 Å². The summed E-state index contributed by atoms with van der Waals surface area (Å²) in [5.74, 6) is -0.0149. The van der Waals surface area contributed by atoms with Gasteiger partial charge >= 0.3 is 0 Å². The molecule has 2 amide bonds. The molecule has 0 radical (unpaired) electrons. The first kappa shape index (κ1) is 21.2. The van der Waals surface area contributed by atoms with Crippen LogP contribution in [-0.4, -0.2) is 51.4 Å². The fourth-order valence-electron chi connectivity index (χ4n) is 4.61. The molecule has 1 unspecified atom stereocenters. The van der Waals surface area contributed by atoms with Gasteiger partial charge in [-0.2, -0.15) is 5.10 Å². The number of ketones is 1. The highest BCUT2D eigenvalue weighted by molar-refractivity contribution is 6.02. The zero-order valence-corrected chi connectivity index (χ0v) is 18.7. The maximum absolute atomic E-state index is 13.1. The van der Waals surface area contributed by atoms with E-state index in [0.717, 1.165) is 17.3 Å². The summed E-state index contributed by atoms with van der Waals surface area (Å²) in [6.07, 6.45) is 3.44. The van der Waals surface area contributed by atoms with Gasteiger partial charge in [-0.25, -0.2) is 0 Å². The zero-order chi connectivity index (χ0) is 23.2. The summed E-state index contributed by atoms with van der Waals surface area (Å²) in [6.45, 7) is 4.74. The van der Waals surface area contributed by atoms with Gasteiger partial charge in [-0.05, 0) is 63.1 Å². The lowest BCUT2D eigenvalue weighted by molar-refractivity contribution is -0.121. The van der Waals surface area contributed by atoms with E-state index in [4.69, 9.17) is 4.74 Å². The molecular weight excluding hydrogens is 420 g/mol. The quantitative estimate of drug-likeness (QED) is 0.637. The van der Waals surface area contributed by atoms with Crippen molar-refractivity contribution in [3.05, 3.63) is 53.7 Å². The van der Waals surface area contributed by atoms with Gasteiger partial charge < -0.3 is 15.0 Å². The van der Waals surface area contributed by atoms with E-state index in [-0.39, 0.29) is 23.5 Å². The third-order valence-corrected chi connectivity index (χ3v) is 6.29. The minimum absolute atomic E-state index is 0.00128. The lowest BCUT2D eigenvalue weighted by atomic mass is 9.92. The maximum atomic E-state index is 13.1. The van der Waals surface area contributed by atoms with Crippen LogP contribution in [0.5, 0.6) is 5.75 Å². The van der Waals surface area contributed by atoms with Crippen molar-refractivity contribution >= 4 is 34.2 Å². The number of piperidine rings is 1. The Kier molecular flexibility index (Phi) is 5.15. The number of nitrogens with zero attached hydrogens (tertiary/aromatic N) is 2. The Balaban J connectivity index is 1.27. The van der Waals surface area contributed by atoms with Gasteiger partial charge in [0.1, 0.15) is 11.4 Å². The number of carbonyl (C=O) groups excluding carboxylic acids is 3. The number of ether oxygens (including phenoxy) is 1. The average molecular weight is 447 g/mol. The molecule has 1 aromatic heterocycles. The highest BCUT2D eigenvalue weighted by Crippen LogP contribution is 2.34. The smallest absolute Gasteiger partial charge is 0.253 e. The number of amides is 2. The Morgan fingerprint density at radius 3 is 2.91 bits per heavy atom. The van der Waals surface area contributed by atoms with Crippen molar-refractivity contribution < 1.29 is 19.1 Å². The predicted octanol–water partition coefficient (Wildman–Crippen LogP) is 3.80. The number of anilines is 1. The molecule has 5 rings (SSSR count). The third kappa shape index (κ3) is 4.20. The Hall–Kier alpha value is -3.68. The number of carbonyl (C=O) groups is 3. The monoisotopic (exact) mass is 446 g/mol. The molecule has 8 nitrogen and oxygen atoms in total. The van der Waals surface area contributed by atoms with E-state index in [0.29, 0.717) is 48.5 Å².